The predicted octanol–water partition coefficient (Wildman–Crippen LogP) is -2.83. The molecule has 35 valence electrons. The molecule has 0 atom stereocenters. The van der Waals surface area contributed by atoms with Crippen LogP contribution in [0.5, 0.6) is 0 Å². The summed E-state index contributed by atoms with van der Waals surface area (Å²) in [7, 11) is -5.39. The summed E-state index contributed by atoms with van der Waals surface area (Å²) in [5.74, 6) is 0. The summed E-state index contributed by atoms with van der Waals surface area (Å²) in [5.41, 5.74) is 0. The molecule has 4 nitrogen and oxygen atoms in total. The summed E-state index contributed by atoms with van der Waals surface area (Å²) in [6.07, 6.45) is 0. The van der Waals surface area contributed by atoms with E-state index < -0.39 is 7.82 Å². The first-order valence-electron chi connectivity index (χ1n) is 0.730. The minimum atomic E-state index is -5.39. The van der Waals surface area contributed by atoms with Crippen LogP contribution in [0.25, 0.3) is 0 Å². The van der Waals surface area contributed by atoms with Gasteiger partial charge in [0, 0.05) is 0 Å². The van der Waals surface area contributed by atoms with Crippen LogP contribution in [-0.2, 0) is 43.6 Å². The van der Waals surface area contributed by atoms with Gasteiger partial charge in [0.2, 0.25) is 0 Å². The zero-order chi connectivity index (χ0) is 4.50. The molecule has 0 amide bonds. The van der Waals surface area contributed by atoms with Crippen LogP contribution in [0.15, 0.2) is 0 Å². The average molecular weight is 195 g/mol. The fraction of sp³-hybridized carbons (Fsp3) is 0. The van der Waals surface area contributed by atoms with Gasteiger partial charge in [-0.3, -0.25) is 0 Å². The minimum absolute atomic E-state index is 0. The van der Waals surface area contributed by atoms with E-state index in [1.54, 1.807) is 0 Å². The topological polar surface area (TPSA) is 86.2 Å². The van der Waals surface area contributed by atoms with Gasteiger partial charge in [-0.25, -0.2) is 0 Å². The van der Waals surface area contributed by atoms with E-state index in [9.17, 15) is 0 Å². The molecule has 0 aromatic rings. The molecule has 7 heteroatoms. The van der Waals surface area contributed by atoms with Gasteiger partial charge in [0.15, 0.2) is 0 Å². The number of hydrogen-bond acceptors (Lipinski definition) is 4. The van der Waals surface area contributed by atoms with Gasteiger partial charge in [-0.15, -0.1) is 0 Å². The molecule has 0 aliphatic rings. The summed E-state index contributed by atoms with van der Waals surface area (Å²) in [5, 5.41) is 0. The van der Waals surface area contributed by atoms with E-state index >= 15 is 0 Å². The van der Waals surface area contributed by atoms with E-state index in [4.69, 9.17) is 19.2 Å². The van der Waals surface area contributed by atoms with Crippen molar-refractivity contribution < 1.29 is 58.3 Å². The van der Waals surface area contributed by atoms with Gasteiger partial charge in [-0.1, -0.05) is 0 Å². The quantitative estimate of drug-likeness (QED) is 0.308. The monoisotopic (exact) mass is 195 g/mol. The minimum Gasteiger partial charge on any atom is -0.822 e. The molecule has 0 aliphatic carbocycles. The Morgan fingerprint density at radius 3 is 1.14 bits per heavy atom. The Morgan fingerprint density at radius 2 is 1.14 bits per heavy atom. The summed E-state index contributed by atoms with van der Waals surface area (Å²) in [4.78, 5) is 25.6. The molecule has 0 rings (SSSR count). The molecule has 7 heavy (non-hydrogen) atoms. The van der Waals surface area contributed by atoms with Crippen LogP contribution in [0.1, 0.15) is 0 Å². The SMILES string of the molecule is O=P([O-])([O-])[O-].[Cr+3].[Ti+4]. The van der Waals surface area contributed by atoms with E-state index in [0.29, 0.717) is 0 Å². The third-order valence-corrected chi connectivity index (χ3v) is 0. The summed E-state index contributed by atoms with van der Waals surface area (Å²) < 4.78 is 8.55. The molecular weight excluding hydrogens is 195 g/mol. The van der Waals surface area contributed by atoms with Gasteiger partial charge in [0.05, 0.1) is 0 Å². The Morgan fingerprint density at radius 1 is 1.14 bits per heavy atom. The zero-order valence-electron chi connectivity index (χ0n) is 2.99. The van der Waals surface area contributed by atoms with Crippen molar-refractivity contribution in [3.05, 3.63) is 0 Å². The summed E-state index contributed by atoms with van der Waals surface area (Å²) in [6, 6.07) is 0. The molecule has 0 aromatic heterocycles. The van der Waals surface area contributed by atoms with Crippen LogP contribution in [0, 0.1) is 0 Å². The van der Waals surface area contributed by atoms with E-state index in [2.05, 4.69) is 0 Å². The van der Waals surface area contributed by atoms with Crippen LogP contribution >= 0.6 is 7.82 Å². The van der Waals surface area contributed by atoms with Crippen LogP contribution in [0.3, 0.4) is 0 Å². The molecule has 0 unspecified atom stereocenters. The zero-order valence-corrected chi connectivity index (χ0v) is 6.72. The molecule has 0 spiro atoms. The largest absolute Gasteiger partial charge is 4.00 e. The second-order valence-corrected chi connectivity index (χ2v) is 1.34. The van der Waals surface area contributed by atoms with Crippen molar-refractivity contribution in [3.63, 3.8) is 0 Å². The van der Waals surface area contributed by atoms with Crippen molar-refractivity contribution in [1.29, 1.82) is 0 Å². The number of rotatable bonds is 0. The fourth-order valence-electron chi connectivity index (χ4n) is 0. The molecule has 0 N–H and O–H groups in total. The van der Waals surface area contributed by atoms with Gasteiger partial charge in [-0.05, 0) is 0 Å². The van der Waals surface area contributed by atoms with Crippen molar-refractivity contribution in [1.82, 2.24) is 0 Å². The first kappa shape index (κ1) is 15.8. The molecule has 0 aromatic carbocycles. The fourth-order valence-corrected chi connectivity index (χ4v) is 0. The standard InChI is InChI=1S/Cr.H3O4P.Ti/c;1-5(2,3)4;/h;(H3,1,2,3,4);/q+3;;+4/p-3. The van der Waals surface area contributed by atoms with Crippen molar-refractivity contribution in [2.45, 2.75) is 0 Å². The Hall–Kier alpha value is 1.36. The molecule has 0 bridgehead atoms. The third kappa shape index (κ3) is 115. The van der Waals surface area contributed by atoms with Crippen molar-refractivity contribution in [2.24, 2.45) is 0 Å². The summed E-state index contributed by atoms with van der Waals surface area (Å²) in [6.45, 7) is 0. The predicted molar refractivity (Wildman–Crippen MR) is 7.61 cm³/mol. The van der Waals surface area contributed by atoms with Gasteiger partial charge >= 0.3 is 39.1 Å². The van der Waals surface area contributed by atoms with Gasteiger partial charge in [-0.2, -0.15) is 7.82 Å². The maximum absolute atomic E-state index is 8.55. The maximum Gasteiger partial charge on any atom is 4.00 e. The van der Waals surface area contributed by atoms with Crippen molar-refractivity contribution in [3.8, 4) is 0 Å². The second kappa shape index (κ2) is 5.49. The Labute approximate surface area is 66.2 Å². The molecule has 0 heterocycles. The van der Waals surface area contributed by atoms with Crippen LogP contribution in [-0.4, -0.2) is 0 Å². The maximum atomic E-state index is 8.55. The molecular formula is CrO4PTi+4. The van der Waals surface area contributed by atoms with E-state index in [0.717, 1.165) is 0 Å². The first-order chi connectivity index (χ1) is 2.00. The third-order valence-electron chi connectivity index (χ3n) is 0. The van der Waals surface area contributed by atoms with Crippen LogP contribution < -0.4 is 14.7 Å². The first-order valence-corrected chi connectivity index (χ1v) is 2.19. The van der Waals surface area contributed by atoms with Crippen molar-refractivity contribution in [2.75, 3.05) is 0 Å². The summed E-state index contributed by atoms with van der Waals surface area (Å²) >= 11 is 0. The van der Waals surface area contributed by atoms with E-state index in [1.165, 1.54) is 0 Å². The van der Waals surface area contributed by atoms with Gasteiger partial charge in [0.1, 0.15) is 0 Å². The molecule has 0 saturated carbocycles. The smallest absolute Gasteiger partial charge is 0.822 e. The Balaban J connectivity index is -0.0000000800. The number of phosphoric acid groups is 1. The van der Waals surface area contributed by atoms with Gasteiger partial charge < -0.3 is 19.2 Å². The molecule has 0 aliphatic heterocycles. The Kier molecular flexibility index (Phi) is 12.4. The normalized spacial score (nSPS) is 8.43. The molecule has 0 fully saturated rings. The van der Waals surface area contributed by atoms with E-state index in [1.807, 2.05) is 0 Å². The van der Waals surface area contributed by atoms with Crippen molar-refractivity contribution >= 4 is 7.82 Å². The Bertz CT molecular complexity index is 57.8. The van der Waals surface area contributed by atoms with E-state index in [-0.39, 0.29) is 39.1 Å². The second-order valence-electron chi connectivity index (χ2n) is 0.447. The van der Waals surface area contributed by atoms with Crippen LogP contribution in [0.4, 0.5) is 0 Å². The molecule has 1 radical (unpaired) electrons. The van der Waals surface area contributed by atoms with Crippen LogP contribution in [0.2, 0.25) is 0 Å². The number of hydrogen-bond donors (Lipinski definition) is 0. The molecule has 0 saturated heterocycles. The average Bonchev–Trinajstić information content (AvgIpc) is 0.722. The van der Waals surface area contributed by atoms with Gasteiger partial charge in [0.25, 0.3) is 0 Å².